The first-order valence-electron chi connectivity index (χ1n) is 7.46. The molecule has 0 atom stereocenters. The molecule has 3 aromatic rings. The molecule has 0 aliphatic rings. The van der Waals surface area contributed by atoms with Crippen molar-refractivity contribution < 1.29 is 0 Å². The molecule has 0 amide bonds. The van der Waals surface area contributed by atoms with E-state index in [1.54, 1.807) is 16.3 Å². The lowest BCUT2D eigenvalue weighted by molar-refractivity contribution is 0.880. The summed E-state index contributed by atoms with van der Waals surface area (Å²) in [4.78, 5) is 4.82. The number of hydrogen-bond acceptors (Lipinski definition) is 5. The Bertz CT molecular complexity index is 875. The molecule has 0 bridgehead atoms. The molecule has 2 aromatic heterocycles. The Labute approximate surface area is 140 Å². The molecule has 0 saturated heterocycles. The van der Waals surface area contributed by atoms with Gasteiger partial charge in [-0.3, -0.25) is 0 Å². The molecule has 120 valence electrons. The summed E-state index contributed by atoms with van der Waals surface area (Å²) < 4.78 is 1.68. The van der Waals surface area contributed by atoms with Gasteiger partial charge in [0, 0.05) is 23.7 Å². The summed E-state index contributed by atoms with van der Waals surface area (Å²) in [6.45, 7) is 6.62. The molecule has 23 heavy (non-hydrogen) atoms. The summed E-state index contributed by atoms with van der Waals surface area (Å²) in [6.07, 6.45) is 1.98. The van der Waals surface area contributed by atoms with Gasteiger partial charge in [-0.1, -0.05) is 17.7 Å². The number of rotatable bonds is 3. The third-order valence-electron chi connectivity index (χ3n) is 4.04. The molecule has 4 N–H and O–H groups in total. The second kappa shape index (κ2) is 5.86. The lowest BCUT2D eigenvalue weighted by atomic mass is 9.94. The Kier molecular flexibility index (Phi) is 4.04. The predicted molar refractivity (Wildman–Crippen MR) is 96.7 cm³/mol. The van der Waals surface area contributed by atoms with Crippen molar-refractivity contribution in [2.24, 2.45) is 5.73 Å². The van der Waals surface area contributed by atoms with Crippen molar-refractivity contribution in [3.8, 4) is 11.3 Å². The van der Waals surface area contributed by atoms with E-state index in [9.17, 15) is 0 Å². The normalized spacial score (nSPS) is 11.3. The standard InChI is InChI=1S/C17H21N5S/c1-9-5-10(2)15(11(3)6-9)16-12(8-18)17(19)22-13(20-16)7-14(21-22)23-4/h5-7H,8,18-19H2,1-4H3. The Morgan fingerprint density at radius 3 is 2.35 bits per heavy atom. The molecular weight excluding hydrogens is 306 g/mol. The van der Waals surface area contributed by atoms with Crippen LogP contribution in [0.2, 0.25) is 0 Å². The first kappa shape index (κ1) is 15.8. The second-order valence-corrected chi connectivity index (χ2v) is 6.59. The van der Waals surface area contributed by atoms with Crippen LogP contribution in [0.15, 0.2) is 23.2 Å². The van der Waals surface area contributed by atoms with Gasteiger partial charge in [0.1, 0.15) is 10.8 Å². The summed E-state index contributed by atoms with van der Waals surface area (Å²) in [6, 6.07) is 6.27. The molecule has 0 radical (unpaired) electrons. The van der Waals surface area contributed by atoms with Crippen LogP contribution in [0.1, 0.15) is 22.3 Å². The number of fused-ring (bicyclic) bond motifs is 1. The first-order valence-corrected chi connectivity index (χ1v) is 8.69. The number of nitrogens with zero attached hydrogens (tertiary/aromatic N) is 3. The summed E-state index contributed by atoms with van der Waals surface area (Å²) in [7, 11) is 0. The molecule has 5 nitrogen and oxygen atoms in total. The Morgan fingerprint density at radius 2 is 1.78 bits per heavy atom. The maximum absolute atomic E-state index is 6.34. The van der Waals surface area contributed by atoms with Gasteiger partial charge in [-0.15, -0.1) is 11.8 Å². The van der Waals surface area contributed by atoms with E-state index in [-0.39, 0.29) is 0 Å². The molecule has 0 spiro atoms. The summed E-state index contributed by atoms with van der Waals surface area (Å²) in [5, 5.41) is 5.36. The molecular formula is C17H21N5S. The lowest BCUT2D eigenvalue weighted by Gasteiger charge is -2.16. The van der Waals surface area contributed by atoms with Gasteiger partial charge in [-0.25, -0.2) is 4.98 Å². The van der Waals surface area contributed by atoms with Crippen molar-refractivity contribution in [1.29, 1.82) is 0 Å². The highest BCUT2D eigenvalue weighted by molar-refractivity contribution is 7.98. The molecule has 6 heteroatoms. The third-order valence-corrected chi connectivity index (χ3v) is 4.66. The number of aromatic nitrogens is 3. The summed E-state index contributed by atoms with van der Waals surface area (Å²) in [5.74, 6) is 0.562. The summed E-state index contributed by atoms with van der Waals surface area (Å²) >= 11 is 1.57. The van der Waals surface area contributed by atoms with Crippen LogP contribution in [0.3, 0.4) is 0 Å². The zero-order chi connectivity index (χ0) is 16.7. The average Bonchev–Trinajstić information content (AvgIpc) is 2.90. The van der Waals surface area contributed by atoms with Gasteiger partial charge < -0.3 is 11.5 Å². The minimum Gasteiger partial charge on any atom is -0.383 e. The molecule has 0 aliphatic carbocycles. The highest BCUT2D eigenvalue weighted by atomic mass is 32.2. The minimum absolute atomic E-state index is 0.325. The molecule has 2 heterocycles. The highest BCUT2D eigenvalue weighted by Gasteiger charge is 2.18. The Balaban J connectivity index is 2.37. The van der Waals surface area contributed by atoms with E-state index in [4.69, 9.17) is 16.5 Å². The second-order valence-electron chi connectivity index (χ2n) is 5.76. The highest BCUT2D eigenvalue weighted by Crippen LogP contribution is 2.33. The number of thioether (sulfide) groups is 1. The van der Waals surface area contributed by atoms with E-state index in [0.29, 0.717) is 12.4 Å². The van der Waals surface area contributed by atoms with Gasteiger partial charge in [0.05, 0.1) is 5.69 Å². The fourth-order valence-electron chi connectivity index (χ4n) is 3.10. The first-order chi connectivity index (χ1) is 11.0. The largest absolute Gasteiger partial charge is 0.383 e. The van der Waals surface area contributed by atoms with Crippen LogP contribution in [-0.2, 0) is 6.54 Å². The Hall–Kier alpha value is -2.05. The number of hydrogen-bond donors (Lipinski definition) is 2. The zero-order valence-corrected chi connectivity index (χ0v) is 14.7. The van der Waals surface area contributed by atoms with E-state index in [2.05, 4.69) is 38.0 Å². The average molecular weight is 327 g/mol. The number of nitrogen functional groups attached to an aromatic ring is 1. The van der Waals surface area contributed by atoms with Crippen LogP contribution in [0, 0.1) is 20.8 Å². The van der Waals surface area contributed by atoms with Crippen LogP contribution in [-0.4, -0.2) is 20.9 Å². The van der Waals surface area contributed by atoms with Crippen LogP contribution in [0.5, 0.6) is 0 Å². The Morgan fingerprint density at radius 1 is 1.13 bits per heavy atom. The number of anilines is 1. The van der Waals surface area contributed by atoms with Crippen LogP contribution >= 0.6 is 11.8 Å². The zero-order valence-electron chi connectivity index (χ0n) is 13.8. The van der Waals surface area contributed by atoms with Crippen molar-refractivity contribution >= 4 is 23.2 Å². The van der Waals surface area contributed by atoms with Crippen molar-refractivity contribution in [3.63, 3.8) is 0 Å². The maximum atomic E-state index is 6.34. The smallest absolute Gasteiger partial charge is 0.159 e. The maximum Gasteiger partial charge on any atom is 0.159 e. The van der Waals surface area contributed by atoms with E-state index in [1.807, 2.05) is 12.3 Å². The third kappa shape index (κ3) is 2.58. The van der Waals surface area contributed by atoms with Gasteiger partial charge in [0.2, 0.25) is 0 Å². The quantitative estimate of drug-likeness (QED) is 0.722. The van der Waals surface area contributed by atoms with Crippen LogP contribution < -0.4 is 11.5 Å². The van der Waals surface area contributed by atoms with Gasteiger partial charge in [-0.05, 0) is 38.2 Å². The SMILES string of the molecule is CSc1cc2nc(-c3c(C)cc(C)cc3C)c(CN)c(N)n2n1. The van der Waals surface area contributed by atoms with Crippen molar-refractivity contribution in [3.05, 3.63) is 40.5 Å². The molecule has 0 unspecified atom stereocenters. The fourth-order valence-corrected chi connectivity index (χ4v) is 3.49. The van der Waals surface area contributed by atoms with E-state index in [1.165, 1.54) is 16.7 Å². The van der Waals surface area contributed by atoms with E-state index < -0.39 is 0 Å². The van der Waals surface area contributed by atoms with Crippen molar-refractivity contribution in [1.82, 2.24) is 14.6 Å². The predicted octanol–water partition coefficient (Wildman–Crippen LogP) is 3.08. The number of nitrogens with two attached hydrogens (primary N) is 2. The fraction of sp³-hybridized carbons (Fsp3) is 0.294. The topological polar surface area (TPSA) is 82.2 Å². The van der Waals surface area contributed by atoms with E-state index in [0.717, 1.165) is 27.5 Å². The van der Waals surface area contributed by atoms with Gasteiger partial charge in [0.25, 0.3) is 0 Å². The molecule has 1 aromatic carbocycles. The van der Waals surface area contributed by atoms with Gasteiger partial charge in [0.15, 0.2) is 5.65 Å². The molecule has 0 aliphatic heterocycles. The number of benzene rings is 1. The monoisotopic (exact) mass is 327 g/mol. The molecule has 0 saturated carbocycles. The summed E-state index contributed by atoms with van der Waals surface area (Å²) in [5.41, 5.74) is 19.5. The molecule has 3 rings (SSSR count). The van der Waals surface area contributed by atoms with Crippen LogP contribution in [0.25, 0.3) is 16.9 Å². The van der Waals surface area contributed by atoms with Crippen LogP contribution in [0.4, 0.5) is 5.82 Å². The van der Waals surface area contributed by atoms with Gasteiger partial charge in [-0.2, -0.15) is 9.61 Å². The van der Waals surface area contributed by atoms with Crippen molar-refractivity contribution in [2.45, 2.75) is 32.3 Å². The van der Waals surface area contributed by atoms with Crippen molar-refractivity contribution in [2.75, 3.05) is 12.0 Å². The lowest BCUT2D eigenvalue weighted by Crippen LogP contribution is -2.12. The number of aryl methyl sites for hydroxylation is 3. The minimum atomic E-state index is 0.325. The van der Waals surface area contributed by atoms with E-state index >= 15 is 0 Å². The van der Waals surface area contributed by atoms with Gasteiger partial charge >= 0.3 is 0 Å². The molecule has 0 fully saturated rings.